The molecule has 1 aromatic rings. The average molecular weight is 259 g/mol. The lowest BCUT2D eigenvalue weighted by atomic mass is 10.2. The first-order chi connectivity index (χ1) is 7.66. The van der Waals surface area contributed by atoms with Crippen molar-refractivity contribution < 1.29 is 14.3 Å². The summed E-state index contributed by atoms with van der Waals surface area (Å²) in [5.74, 6) is 1.12. The maximum atomic E-state index is 11.4. The lowest BCUT2D eigenvalue weighted by molar-refractivity contribution is -0.117. The number of nitrogens with two attached hydrogens (primary N) is 1. The molecule has 0 bridgehead atoms. The third-order valence-electron chi connectivity index (χ3n) is 2.22. The zero-order valence-electron chi connectivity index (χ0n) is 9.43. The summed E-state index contributed by atoms with van der Waals surface area (Å²) in [6, 6.07) is 4.72. The molecule has 1 atom stereocenters. The Morgan fingerprint density at radius 2 is 2.00 bits per heavy atom. The number of fused-ring (bicyclic) bond motifs is 1. The van der Waals surface area contributed by atoms with Crippen molar-refractivity contribution >= 4 is 24.0 Å². The molecule has 0 radical (unpaired) electrons. The summed E-state index contributed by atoms with van der Waals surface area (Å²) in [5, 5.41) is 2.69. The van der Waals surface area contributed by atoms with Crippen molar-refractivity contribution in [2.45, 2.75) is 13.0 Å². The van der Waals surface area contributed by atoms with Gasteiger partial charge in [0, 0.05) is 11.8 Å². The molecule has 0 aliphatic carbocycles. The molecule has 0 saturated heterocycles. The lowest BCUT2D eigenvalue weighted by Gasteiger charge is -2.19. The van der Waals surface area contributed by atoms with Gasteiger partial charge in [-0.1, -0.05) is 0 Å². The van der Waals surface area contributed by atoms with Crippen LogP contribution in [0.5, 0.6) is 11.5 Å². The predicted molar refractivity (Wildman–Crippen MR) is 67.0 cm³/mol. The molecule has 1 aliphatic rings. The third-order valence-corrected chi connectivity index (χ3v) is 2.22. The Balaban J connectivity index is 0.00000144. The number of hydrogen-bond donors (Lipinski definition) is 2. The zero-order chi connectivity index (χ0) is 11.5. The first-order valence-corrected chi connectivity index (χ1v) is 5.13. The number of benzene rings is 1. The molecule has 0 spiro atoms. The van der Waals surface area contributed by atoms with Crippen LogP contribution in [-0.4, -0.2) is 25.2 Å². The summed E-state index contributed by atoms with van der Waals surface area (Å²) >= 11 is 0. The quantitative estimate of drug-likeness (QED) is 0.835. The number of carbonyl (C=O) groups excluding carboxylic acids is 1. The normalized spacial score (nSPS) is 14.5. The van der Waals surface area contributed by atoms with Crippen LogP contribution in [0.2, 0.25) is 0 Å². The summed E-state index contributed by atoms with van der Waals surface area (Å²) in [6.07, 6.45) is 0. The fourth-order valence-electron chi connectivity index (χ4n) is 1.38. The van der Waals surface area contributed by atoms with E-state index in [9.17, 15) is 4.79 Å². The minimum absolute atomic E-state index is 0. The van der Waals surface area contributed by atoms with Crippen LogP contribution >= 0.6 is 12.4 Å². The van der Waals surface area contributed by atoms with E-state index in [1.54, 1.807) is 25.1 Å². The van der Waals surface area contributed by atoms with E-state index in [4.69, 9.17) is 15.2 Å². The molecular weight excluding hydrogens is 244 g/mol. The molecule has 0 fully saturated rings. The Morgan fingerprint density at radius 1 is 1.35 bits per heavy atom. The van der Waals surface area contributed by atoms with Crippen molar-refractivity contribution in [3.05, 3.63) is 18.2 Å². The van der Waals surface area contributed by atoms with Crippen LogP contribution in [-0.2, 0) is 4.79 Å². The molecule has 1 heterocycles. The van der Waals surface area contributed by atoms with Crippen LogP contribution in [0.1, 0.15) is 6.92 Å². The highest BCUT2D eigenvalue weighted by Crippen LogP contribution is 2.32. The van der Waals surface area contributed by atoms with Gasteiger partial charge in [-0.05, 0) is 19.1 Å². The van der Waals surface area contributed by atoms with E-state index in [-0.39, 0.29) is 18.3 Å². The van der Waals surface area contributed by atoms with Crippen molar-refractivity contribution in [1.29, 1.82) is 0 Å². The fraction of sp³-hybridized carbons (Fsp3) is 0.364. The molecule has 1 aliphatic heterocycles. The highest BCUT2D eigenvalue weighted by atomic mass is 35.5. The molecule has 6 heteroatoms. The molecule has 1 amide bonds. The number of hydrogen-bond acceptors (Lipinski definition) is 4. The smallest absolute Gasteiger partial charge is 0.241 e. The van der Waals surface area contributed by atoms with Gasteiger partial charge in [-0.25, -0.2) is 0 Å². The van der Waals surface area contributed by atoms with Gasteiger partial charge in [0.25, 0.3) is 0 Å². The number of amides is 1. The molecule has 1 aromatic carbocycles. The summed E-state index contributed by atoms with van der Waals surface area (Å²) in [4.78, 5) is 11.4. The first kappa shape index (κ1) is 13.6. The maximum absolute atomic E-state index is 11.4. The van der Waals surface area contributed by atoms with E-state index >= 15 is 0 Å². The van der Waals surface area contributed by atoms with Crippen LogP contribution in [0.15, 0.2) is 18.2 Å². The van der Waals surface area contributed by atoms with Crippen LogP contribution in [0.4, 0.5) is 5.69 Å². The molecule has 0 saturated carbocycles. The van der Waals surface area contributed by atoms with Gasteiger partial charge < -0.3 is 20.5 Å². The van der Waals surface area contributed by atoms with E-state index in [2.05, 4.69) is 5.32 Å². The largest absolute Gasteiger partial charge is 0.486 e. The molecule has 3 N–H and O–H groups in total. The second kappa shape index (κ2) is 5.75. The van der Waals surface area contributed by atoms with E-state index in [0.717, 1.165) is 0 Å². The van der Waals surface area contributed by atoms with Gasteiger partial charge in [0.1, 0.15) is 13.2 Å². The highest BCUT2D eigenvalue weighted by Gasteiger charge is 2.13. The Kier molecular flexibility index (Phi) is 4.60. The maximum Gasteiger partial charge on any atom is 0.241 e. The van der Waals surface area contributed by atoms with Crippen LogP contribution in [0, 0.1) is 0 Å². The van der Waals surface area contributed by atoms with Crippen molar-refractivity contribution in [2.24, 2.45) is 5.73 Å². The molecule has 0 aromatic heterocycles. The van der Waals surface area contributed by atoms with Crippen molar-refractivity contribution in [3.63, 3.8) is 0 Å². The van der Waals surface area contributed by atoms with Crippen LogP contribution in [0.25, 0.3) is 0 Å². The summed E-state index contributed by atoms with van der Waals surface area (Å²) in [7, 11) is 0. The molecule has 2 rings (SSSR count). The topological polar surface area (TPSA) is 73.6 Å². The van der Waals surface area contributed by atoms with E-state index in [0.29, 0.717) is 30.4 Å². The Morgan fingerprint density at radius 3 is 2.65 bits per heavy atom. The molecule has 0 unspecified atom stereocenters. The van der Waals surface area contributed by atoms with Crippen molar-refractivity contribution in [1.82, 2.24) is 0 Å². The lowest BCUT2D eigenvalue weighted by Crippen LogP contribution is -2.32. The minimum atomic E-state index is -0.534. The van der Waals surface area contributed by atoms with E-state index in [1.807, 2.05) is 0 Å². The third kappa shape index (κ3) is 3.25. The van der Waals surface area contributed by atoms with Gasteiger partial charge in [0.2, 0.25) is 5.91 Å². The SMILES string of the molecule is C[C@@H](N)C(=O)Nc1ccc2c(c1)OCCO2.Cl. The fourth-order valence-corrected chi connectivity index (χ4v) is 1.38. The number of ether oxygens (including phenoxy) is 2. The predicted octanol–water partition coefficient (Wildman–Crippen LogP) is 1.17. The number of carbonyl (C=O) groups is 1. The number of nitrogens with one attached hydrogen (secondary N) is 1. The second-order valence-electron chi connectivity index (χ2n) is 3.64. The number of halogens is 1. The average Bonchev–Trinajstić information content (AvgIpc) is 2.28. The van der Waals surface area contributed by atoms with Crippen LogP contribution < -0.4 is 20.5 Å². The molecule has 94 valence electrons. The van der Waals surface area contributed by atoms with Gasteiger partial charge in [-0.3, -0.25) is 4.79 Å². The van der Waals surface area contributed by atoms with Gasteiger partial charge in [-0.15, -0.1) is 12.4 Å². The van der Waals surface area contributed by atoms with Crippen molar-refractivity contribution in [3.8, 4) is 11.5 Å². The highest BCUT2D eigenvalue weighted by molar-refractivity contribution is 5.94. The molecule has 5 nitrogen and oxygen atoms in total. The van der Waals surface area contributed by atoms with Gasteiger partial charge in [0.05, 0.1) is 6.04 Å². The van der Waals surface area contributed by atoms with E-state index < -0.39 is 6.04 Å². The summed E-state index contributed by atoms with van der Waals surface area (Å²) in [5.41, 5.74) is 6.11. The molecule has 17 heavy (non-hydrogen) atoms. The number of anilines is 1. The van der Waals surface area contributed by atoms with Gasteiger partial charge in [-0.2, -0.15) is 0 Å². The van der Waals surface area contributed by atoms with Crippen molar-refractivity contribution in [2.75, 3.05) is 18.5 Å². The van der Waals surface area contributed by atoms with Crippen LogP contribution in [0.3, 0.4) is 0 Å². The summed E-state index contributed by atoms with van der Waals surface area (Å²) < 4.78 is 10.8. The standard InChI is InChI=1S/C11H14N2O3.ClH/c1-7(12)11(14)13-8-2-3-9-10(6-8)16-5-4-15-9;/h2-3,6-7H,4-5,12H2,1H3,(H,13,14);1H/t7-;/m1./s1. The Labute approximate surface area is 106 Å². The van der Waals surface area contributed by atoms with Gasteiger partial charge >= 0.3 is 0 Å². The van der Waals surface area contributed by atoms with E-state index in [1.165, 1.54) is 0 Å². The molecular formula is C11H15ClN2O3. The Bertz CT molecular complexity index is 410. The Hall–Kier alpha value is -1.46. The zero-order valence-corrected chi connectivity index (χ0v) is 10.3. The summed E-state index contributed by atoms with van der Waals surface area (Å²) in [6.45, 7) is 2.71. The van der Waals surface area contributed by atoms with Gasteiger partial charge in [0.15, 0.2) is 11.5 Å². The number of rotatable bonds is 2. The minimum Gasteiger partial charge on any atom is -0.486 e. The second-order valence-corrected chi connectivity index (χ2v) is 3.64. The first-order valence-electron chi connectivity index (χ1n) is 5.13. The monoisotopic (exact) mass is 258 g/mol.